The number of carboxylic acid groups (broad SMARTS) is 1. The minimum Gasteiger partial charge on any atom is -0.545 e. The SMILES string of the molecule is Cc1c(C(=O)[O-])cccc1-c1ccc(/C=C(/C#N)C(=O)NC(N)=O)o1. The number of primary amides is 1. The van der Waals surface area contributed by atoms with Gasteiger partial charge in [0.1, 0.15) is 23.2 Å². The Hall–Kier alpha value is -3.86. The zero-order valence-electron chi connectivity index (χ0n) is 13.0. The molecule has 3 N–H and O–H groups in total. The van der Waals surface area contributed by atoms with Gasteiger partial charge in [0, 0.05) is 17.2 Å². The summed E-state index contributed by atoms with van der Waals surface area (Å²) in [6.07, 6.45) is 1.14. The predicted octanol–water partition coefficient (Wildman–Crippen LogP) is 0.720. The molecule has 2 rings (SSSR count). The first-order valence-corrected chi connectivity index (χ1v) is 6.97. The molecule has 0 unspecified atom stereocenters. The number of carbonyl (C=O) groups is 3. The number of nitriles is 1. The highest BCUT2D eigenvalue weighted by atomic mass is 16.4. The van der Waals surface area contributed by atoms with Crippen LogP contribution >= 0.6 is 0 Å². The van der Waals surface area contributed by atoms with E-state index in [1.807, 2.05) is 0 Å². The number of furan rings is 1. The molecular formula is C17H12N3O5-. The van der Waals surface area contributed by atoms with Crippen molar-refractivity contribution in [3.63, 3.8) is 0 Å². The Kier molecular flexibility index (Phi) is 5.00. The fourth-order valence-corrected chi connectivity index (χ4v) is 2.17. The molecule has 0 aliphatic rings. The van der Waals surface area contributed by atoms with Crippen molar-refractivity contribution >= 4 is 24.0 Å². The zero-order valence-corrected chi connectivity index (χ0v) is 13.0. The van der Waals surface area contributed by atoms with Crippen molar-refractivity contribution < 1.29 is 23.9 Å². The van der Waals surface area contributed by atoms with Gasteiger partial charge in [0.25, 0.3) is 5.91 Å². The van der Waals surface area contributed by atoms with Gasteiger partial charge in [-0.2, -0.15) is 5.26 Å². The molecule has 1 aromatic heterocycles. The van der Waals surface area contributed by atoms with Crippen LogP contribution < -0.4 is 16.2 Å². The molecule has 0 saturated carbocycles. The van der Waals surface area contributed by atoms with E-state index in [-0.39, 0.29) is 16.9 Å². The van der Waals surface area contributed by atoms with Crippen molar-refractivity contribution in [2.75, 3.05) is 0 Å². The molecule has 0 bridgehead atoms. The first kappa shape index (κ1) is 17.5. The molecule has 0 saturated heterocycles. The van der Waals surface area contributed by atoms with Crippen LogP contribution in [0.5, 0.6) is 0 Å². The molecule has 126 valence electrons. The van der Waals surface area contributed by atoms with E-state index in [2.05, 4.69) is 0 Å². The number of carbonyl (C=O) groups excluding carboxylic acids is 3. The van der Waals surface area contributed by atoms with Crippen LogP contribution in [0.3, 0.4) is 0 Å². The van der Waals surface area contributed by atoms with Crippen LogP contribution in [0.4, 0.5) is 4.79 Å². The second-order valence-corrected chi connectivity index (χ2v) is 4.96. The van der Waals surface area contributed by atoms with Gasteiger partial charge in [-0.05, 0) is 24.6 Å². The number of nitrogens with two attached hydrogens (primary N) is 1. The van der Waals surface area contributed by atoms with E-state index in [0.29, 0.717) is 16.9 Å². The average Bonchev–Trinajstić information content (AvgIpc) is 3.00. The van der Waals surface area contributed by atoms with Gasteiger partial charge in [0.05, 0.1) is 5.97 Å². The number of carboxylic acids is 1. The van der Waals surface area contributed by atoms with Crippen LogP contribution in [0.1, 0.15) is 21.7 Å². The van der Waals surface area contributed by atoms with E-state index < -0.39 is 17.9 Å². The summed E-state index contributed by atoms with van der Waals surface area (Å²) >= 11 is 0. The molecule has 0 spiro atoms. The average molecular weight is 338 g/mol. The molecule has 0 aliphatic carbocycles. The van der Waals surface area contributed by atoms with Gasteiger partial charge >= 0.3 is 6.03 Å². The Labute approximate surface area is 142 Å². The summed E-state index contributed by atoms with van der Waals surface area (Å²) in [6, 6.07) is 8.24. The van der Waals surface area contributed by atoms with E-state index in [1.54, 1.807) is 36.5 Å². The summed E-state index contributed by atoms with van der Waals surface area (Å²) in [5.74, 6) is -1.74. The van der Waals surface area contributed by atoms with E-state index in [9.17, 15) is 19.5 Å². The molecular weight excluding hydrogens is 326 g/mol. The highest BCUT2D eigenvalue weighted by Crippen LogP contribution is 2.28. The summed E-state index contributed by atoms with van der Waals surface area (Å²) in [4.78, 5) is 33.4. The largest absolute Gasteiger partial charge is 0.545 e. The first-order valence-electron chi connectivity index (χ1n) is 6.97. The van der Waals surface area contributed by atoms with Gasteiger partial charge in [-0.25, -0.2) is 4.79 Å². The molecule has 0 fully saturated rings. The number of nitrogens with one attached hydrogen (secondary N) is 1. The van der Waals surface area contributed by atoms with Crippen LogP contribution in [-0.2, 0) is 4.79 Å². The Morgan fingerprint density at radius 1 is 1.28 bits per heavy atom. The number of imide groups is 1. The first-order chi connectivity index (χ1) is 11.8. The van der Waals surface area contributed by atoms with Gasteiger partial charge in [0.15, 0.2) is 0 Å². The number of amides is 3. The maximum Gasteiger partial charge on any atom is 0.319 e. The number of rotatable bonds is 4. The Morgan fingerprint density at radius 2 is 2.00 bits per heavy atom. The van der Waals surface area contributed by atoms with Crippen molar-refractivity contribution in [1.82, 2.24) is 5.32 Å². The van der Waals surface area contributed by atoms with Gasteiger partial charge < -0.3 is 20.1 Å². The predicted molar refractivity (Wildman–Crippen MR) is 84.5 cm³/mol. The van der Waals surface area contributed by atoms with E-state index in [1.165, 1.54) is 12.1 Å². The molecule has 25 heavy (non-hydrogen) atoms. The van der Waals surface area contributed by atoms with Crippen LogP contribution in [0.2, 0.25) is 0 Å². The summed E-state index contributed by atoms with van der Waals surface area (Å²) in [6.45, 7) is 1.61. The Bertz CT molecular complexity index is 934. The normalized spacial score (nSPS) is 10.8. The van der Waals surface area contributed by atoms with Crippen LogP contribution in [0.25, 0.3) is 17.4 Å². The zero-order chi connectivity index (χ0) is 18.6. The maximum atomic E-state index is 11.6. The topological polar surface area (TPSA) is 149 Å². The molecule has 0 atom stereocenters. The van der Waals surface area contributed by atoms with E-state index in [4.69, 9.17) is 15.4 Å². The van der Waals surface area contributed by atoms with Crippen molar-refractivity contribution in [2.45, 2.75) is 6.92 Å². The van der Waals surface area contributed by atoms with Gasteiger partial charge in [-0.1, -0.05) is 18.2 Å². The summed E-state index contributed by atoms with van der Waals surface area (Å²) in [7, 11) is 0. The van der Waals surface area contributed by atoms with Crippen LogP contribution in [0, 0.1) is 18.3 Å². The third kappa shape index (κ3) is 3.92. The van der Waals surface area contributed by atoms with Crippen molar-refractivity contribution in [1.29, 1.82) is 5.26 Å². The standard InChI is InChI=1S/C17H13N3O5/c1-9-12(3-2-4-13(9)16(22)23)14-6-5-11(25-14)7-10(8-18)15(21)20-17(19)24/h2-7H,1H3,(H,22,23)(H3,19,20,21,24)/p-1/b10-7-. The van der Waals surface area contributed by atoms with Gasteiger partial charge in [-0.3, -0.25) is 10.1 Å². The third-order valence-corrected chi connectivity index (χ3v) is 3.33. The van der Waals surface area contributed by atoms with Crippen LogP contribution in [0.15, 0.2) is 40.3 Å². The summed E-state index contributed by atoms with van der Waals surface area (Å²) in [5.41, 5.74) is 5.47. The third-order valence-electron chi connectivity index (χ3n) is 3.33. The second-order valence-electron chi connectivity index (χ2n) is 4.96. The number of urea groups is 1. The van der Waals surface area contributed by atoms with Gasteiger partial charge in [0.2, 0.25) is 0 Å². The van der Waals surface area contributed by atoms with E-state index in [0.717, 1.165) is 6.08 Å². The lowest BCUT2D eigenvalue weighted by Gasteiger charge is -2.10. The van der Waals surface area contributed by atoms with Gasteiger partial charge in [-0.15, -0.1) is 0 Å². The molecule has 1 aromatic carbocycles. The highest BCUT2D eigenvalue weighted by Gasteiger charge is 2.14. The molecule has 8 heteroatoms. The number of hydrogen-bond acceptors (Lipinski definition) is 6. The maximum absolute atomic E-state index is 11.6. The lowest BCUT2D eigenvalue weighted by molar-refractivity contribution is -0.255. The second kappa shape index (κ2) is 7.14. The lowest BCUT2D eigenvalue weighted by atomic mass is 10.0. The molecule has 2 aromatic rings. The summed E-state index contributed by atoms with van der Waals surface area (Å²) < 4.78 is 5.54. The molecule has 0 radical (unpaired) electrons. The van der Waals surface area contributed by atoms with Crippen LogP contribution in [-0.4, -0.2) is 17.9 Å². The fourth-order valence-electron chi connectivity index (χ4n) is 2.17. The fraction of sp³-hybridized carbons (Fsp3) is 0.0588. The number of benzene rings is 1. The monoisotopic (exact) mass is 338 g/mol. The van der Waals surface area contributed by atoms with Crippen molar-refractivity contribution in [3.8, 4) is 17.4 Å². The smallest absolute Gasteiger partial charge is 0.319 e. The Balaban J connectivity index is 2.38. The number of hydrogen-bond donors (Lipinski definition) is 2. The quantitative estimate of drug-likeness (QED) is 0.619. The number of aromatic carboxylic acids is 1. The van der Waals surface area contributed by atoms with Crippen molar-refractivity contribution in [2.24, 2.45) is 5.73 Å². The highest BCUT2D eigenvalue weighted by molar-refractivity contribution is 6.08. The molecule has 3 amide bonds. The molecule has 8 nitrogen and oxygen atoms in total. The Morgan fingerprint density at radius 3 is 2.60 bits per heavy atom. The molecule has 1 heterocycles. The van der Waals surface area contributed by atoms with Crippen molar-refractivity contribution in [3.05, 3.63) is 52.8 Å². The molecule has 0 aliphatic heterocycles. The number of nitrogens with zero attached hydrogens (tertiary/aromatic N) is 1. The van der Waals surface area contributed by atoms with E-state index >= 15 is 0 Å². The minimum absolute atomic E-state index is 0.0320. The minimum atomic E-state index is -1.30. The lowest BCUT2D eigenvalue weighted by Crippen LogP contribution is -2.35. The summed E-state index contributed by atoms with van der Waals surface area (Å²) in [5, 5.41) is 21.9.